The van der Waals surface area contributed by atoms with Crippen molar-refractivity contribution >= 4 is 22.3 Å². The highest BCUT2D eigenvalue weighted by molar-refractivity contribution is 7.13. The molecule has 0 aliphatic heterocycles. The van der Waals surface area contributed by atoms with Crippen LogP contribution >= 0.6 is 11.3 Å². The van der Waals surface area contributed by atoms with Gasteiger partial charge in [0.05, 0.1) is 12.1 Å². The van der Waals surface area contributed by atoms with Gasteiger partial charge in [0, 0.05) is 24.5 Å². The highest BCUT2D eigenvalue weighted by Gasteiger charge is 2.20. The van der Waals surface area contributed by atoms with E-state index in [1.165, 1.54) is 19.3 Å². The molecule has 2 aromatic rings. The van der Waals surface area contributed by atoms with Crippen molar-refractivity contribution in [3.63, 3.8) is 0 Å². The van der Waals surface area contributed by atoms with Crippen LogP contribution in [0.4, 0.5) is 5.13 Å². The first-order chi connectivity index (χ1) is 10.2. The molecule has 21 heavy (non-hydrogen) atoms. The lowest BCUT2D eigenvalue weighted by atomic mass is 9.85. The molecule has 0 bridgehead atoms. The second-order valence-electron chi connectivity index (χ2n) is 5.76. The molecule has 0 spiro atoms. The van der Waals surface area contributed by atoms with Gasteiger partial charge in [-0.05, 0) is 18.8 Å². The molecule has 0 N–H and O–H groups in total. The Hall–Kier alpha value is -1.68. The Bertz CT molecular complexity index is 604. The SMILES string of the molecule is CN(CC1CCC1)c1nc(CC(=O)c2ccccc2)cs1. The zero-order chi connectivity index (χ0) is 14.7. The van der Waals surface area contributed by atoms with Crippen molar-refractivity contribution in [1.82, 2.24) is 4.98 Å². The van der Waals surface area contributed by atoms with Crippen molar-refractivity contribution in [2.24, 2.45) is 5.92 Å². The molecule has 4 heteroatoms. The summed E-state index contributed by atoms with van der Waals surface area (Å²) in [6, 6.07) is 9.43. The van der Waals surface area contributed by atoms with Crippen LogP contribution in [0.1, 0.15) is 35.3 Å². The van der Waals surface area contributed by atoms with E-state index in [0.29, 0.717) is 6.42 Å². The Kier molecular flexibility index (Phi) is 4.34. The molecular formula is C17H20N2OS. The minimum Gasteiger partial charge on any atom is -0.351 e. The van der Waals surface area contributed by atoms with Crippen LogP contribution in [0.3, 0.4) is 0 Å². The van der Waals surface area contributed by atoms with E-state index < -0.39 is 0 Å². The van der Waals surface area contributed by atoms with Gasteiger partial charge < -0.3 is 4.90 Å². The van der Waals surface area contributed by atoms with Crippen LogP contribution in [0.2, 0.25) is 0 Å². The summed E-state index contributed by atoms with van der Waals surface area (Å²) in [7, 11) is 2.10. The zero-order valence-electron chi connectivity index (χ0n) is 12.3. The molecule has 0 unspecified atom stereocenters. The molecule has 1 saturated carbocycles. The summed E-state index contributed by atoms with van der Waals surface area (Å²) in [5.41, 5.74) is 1.64. The van der Waals surface area contributed by atoms with Crippen LogP contribution in [0.5, 0.6) is 0 Å². The van der Waals surface area contributed by atoms with Crippen LogP contribution in [0.25, 0.3) is 0 Å². The van der Waals surface area contributed by atoms with Gasteiger partial charge in [0.2, 0.25) is 0 Å². The number of anilines is 1. The number of thiazole rings is 1. The highest BCUT2D eigenvalue weighted by atomic mass is 32.1. The quantitative estimate of drug-likeness (QED) is 0.761. The molecule has 1 aromatic heterocycles. The van der Waals surface area contributed by atoms with Crippen molar-refractivity contribution in [1.29, 1.82) is 0 Å². The predicted octanol–water partition coefficient (Wildman–Crippen LogP) is 3.80. The van der Waals surface area contributed by atoms with Crippen molar-refractivity contribution in [3.05, 3.63) is 47.0 Å². The first-order valence-corrected chi connectivity index (χ1v) is 8.34. The second-order valence-corrected chi connectivity index (χ2v) is 6.60. The van der Waals surface area contributed by atoms with Crippen molar-refractivity contribution in [2.75, 3.05) is 18.5 Å². The van der Waals surface area contributed by atoms with Gasteiger partial charge in [-0.15, -0.1) is 11.3 Å². The first-order valence-electron chi connectivity index (χ1n) is 7.46. The molecule has 1 aliphatic rings. The van der Waals surface area contributed by atoms with Crippen molar-refractivity contribution in [2.45, 2.75) is 25.7 Å². The van der Waals surface area contributed by atoms with Crippen LogP contribution < -0.4 is 4.90 Å². The van der Waals surface area contributed by atoms with Crippen molar-refractivity contribution in [3.8, 4) is 0 Å². The maximum absolute atomic E-state index is 12.2. The number of rotatable bonds is 6. The fraction of sp³-hybridized carbons (Fsp3) is 0.412. The minimum atomic E-state index is 0.133. The summed E-state index contributed by atoms with van der Waals surface area (Å²) in [4.78, 5) is 19.0. The summed E-state index contributed by atoms with van der Waals surface area (Å²) >= 11 is 1.63. The Morgan fingerprint density at radius 1 is 1.33 bits per heavy atom. The summed E-state index contributed by atoms with van der Waals surface area (Å²) in [5.74, 6) is 0.961. The third kappa shape index (κ3) is 3.50. The minimum absolute atomic E-state index is 0.133. The number of hydrogen-bond donors (Lipinski definition) is 0. The third-order valence-electron chi connectivity index (χ3n) is 4.06. The normalized spacial score (nSPS) is 14.7. The van der Waals surface area contributed by atoms with Gasteiger partial charge in [-0.1, -0.05) is 36.8 Å². The van der Waals surface area contributed by atoms with E-state index in [-0.39, 0.29) is 5.78 Å². The van der Waals surface area contributed by atoms with Gasteiger partial charge in [-0.2, -0.15) is 0 Å². The maximum atomic E-state index is 12.2. The number of carbonyl (C=O) groups is 1. The molecule has 1 aliphatic carbocycles. The molecule has 0 amide bonds. The van der Waals surface area contributed by atoms with E-state index in [1.807, 2.05) is 35.7 Å². The van der Waals surface area contributed by atoms with Crippen LogP contribution in [0, 0.1) is 5.92 Å². The molecule has 3 nitrogen and oxygen atoms in total. The molecule has 1 fully saturated rings. The van der Waals surface area contributed by atoms with E-state index in [9.17, 15) is 4.79 Å². The summed E-state index contributed by atoms with van der Waals surface area (Å²) < 4.78 is 0. The van der Waals surface area contributed by atoms with E-state index in [2.05, 4.69) is 16.9 Å². The van der Waals surface area contributed by atoms with Gasteiger partial charge in [-0.3, -0.25) is 4.79 Å². The molecule has 1 aromatic carbocycles. The lowest BCUT2D eigenvalue weighted by Crippen LogP contribution is -2.29. The largest absolute Gasteiger partial charge is 0.351 e. The average molecular weight is 300 g/mol. The summed E-state index contributed by atoms with van der Waals surface area (Å²) in [6.45, 7) is 1.08. The van der Waals surface area contributed by atoms with Gasteiger partial charge in [0.15, 0.2) is 10.9 Å². The lowest BCUT2D eigenvalue weighted by molar-refractivity contribution is 0.0992. The molecule has 0 saturated heterocycles. The monoisotopic (exact) mass is 300 g/mol. The number of ketones is 1. The van der Waals surface area contributed by atoms with E-state index in [1.54, 1.807) is 11.3 Å². The van der Waals surface area contributed by atoms with Crippen molar-refractivity contribution < 1.29 is 4.79 Å². The Balaban J connectivity index is 1.60. The fourth-order valence-corrected chi connectivity index (χ4v) is 3.39. The molecule has 3 rings (SSSR count). The Labute approximate surface area is 129 Å². The third-order valence-corrected chi connectivity index (χ3v) is 5.06. The maximum Gasteiger partial charge on any atom is 0.185 e. The van der Waals surface area contributed by atoms with E-state index >= 15 is 0 Å². The van der Waals surface area contributed by atoms with Gasteiger partial charge in [-0.25, -0.2) is 4.98 Å². The first kappa shape index (κ1) is 14.3. The van der Waals surface area contributed by atoms with E-state index in [0.717, 1.165) is 28.9 Å². The number of benzene rings is 1. The number of nitrogens with zero attached hydrogens (tertiary/aromatic N) is 2. The van der Waals surface area contributed by atoms with Crippen LogP contribution in [-0.2, 0) is 6.42 Å². The van der Waals surface area contributed by atoms with Gasteiger partial charge in [0.25, 0.3) is 0 Å². The topological polar surface area (TPSA) is 33.2 Å². The predicted molar refractivity (Wildman–Crippen MR) is 87.2 cm³/mol. The summed E-state index contributed by atoms with van der Waals surface area (Å²) in [6.07, 6.45) is 4.44. The van der Waals surface area contributed by atoms with Gasteiger partial charge >= 0.3 is 0 Å². The second kappa shape index (κ2) is 6.39. The zero-order valence-corrected chi connectivity index (χ0v) is 13.1. The standard InChI is InChI=1S/C17H20N2OS/c1-19(11-13-6-5-7-13)17-18-15(12-21-17)10-16(20)14-8-3-2-4-9-14/h2-4,8-9,12-13H,5-7,10-11H2,1H3. The number of Topliss-reactive ketones (excluding diaryl/α,β-unsaturated/α-hetero) is 1. The average Bonchev–Trinajstić information content (AvgIpc) is 2.92. The smallest absolute Gasteiger partial charge is 0.185 e. The highest BCUT2D eigenvalue weighted by Crippen LogP contribution is 2.29. The lowest BCUT2D eigenvalue weighted by Gasteiger charge is -2.29. The fourth-order valence-electron chi connectivity index (χ4n) is 2.58. The van der Waals surface area contributed by atoms with Crippen LogP contribution in [-0.4, -0.2) is 24.4 Å². The molecule has 0 radical (unpaired) electrons. The Morgan fingerprint density at radius 3 is 2.76 bits per heavy atom. The molecule has 110 valence electrons. The molecular weight excluding hydrogens is 280 g/mol. The summed E-state index contributed by atoms with van der Waals surface area (Å²) in [5, 5.41) is 3.03. The number of hydrogen-bond acceptors (Lipinski definition) is 4. The van der Waals surface area contributed by atoms with E-state index in [4.69, 9.17) is 0 Å². The van der Waals surface area contributed by atoms with Crippen LogP contribution in [0.15, 0.2) is 35.7 Å². The number of aromatic nitrogens is 1. The van der Waals surface area contributed by atoms with Gasteiger partial charge in [0.1, 0.15) is 0 Å². The molecule has 1 heterocycles. The molecule has 0 atom stereocenters. The Morgan fingerprint density at radius 2 is 2.10 bits per heavy atom. The number of carbonyl (C=O) groups excluding carboxylic acids is 1.